The van der Waals surface area contributed by atoms with Gasteiger partial charge in [-0.1, -0.05) is 25.7 Å². The van der Waals surface area contributed by atoms with Gasteiger partial charge in [-0.3, -0.25) is 4.79 Å². The minimum atomic E-state index is 0.240. The van der Waals surface area contributed by atoms with Gasteiger partial charge in [-0.25, -0.2) is 0 Å². The Balaban J connectivity index is 1.62. The Labute approximate surface area is 123 Å². The molecule has 0 spiro atoms. The van der Waals surface area contributed by atoms with E-state index in [2.05, 4.69) is 4.90 Å². The fourth-order valence-electron chi connectivity index (χ4n) is 4.31. The Kier molecular flexibility index (Phi) is 4.65. The summed E-state index contributed by atoms with van der Waals surface area (Å²) < 4.78 is 0. The van der Waals surface area contributed by atoms with Gasteiger partial charge in [0, 0.05) is 18.5 Å². The van der Waals surface area contributed by atoms with Crippen LogP contribution in [-0.2, 0) is 4.79 Å². The molecule has 0 aliphatic heterocycles. The molecule has 1 amide bonds. The van der Waals surface area contributed by atoms with E-state index in [-0.39, 0.29) is 5.92 Å². The average Bonchev–Trinajstić information content (AvgIpc) is 3.21. The van der Waals surface area contributed by atoms with Crippen LogP contribution in [0.15, 0.2) is 0 Å². The van der Waals surface area contributed by atoms with Crippen LogP contribution < -0.4 is 5.73 Å². The summed E-state index contributed by atoms with van der Waals surface area (Å²) >= 11 is 0. The van der Waals surface area contributed by atoms with E-state index < -0.39 is 0 Å². The highest BCUT2D eigenvalue weighted by molar-refractivity contribution is 5.80. The zero-order chi connectivity index (χ0) is 13.9. The molecule has 2 atom stereocenters. The summed E-state index contributed by atoms with van der Waals surface area (Å²) in [5, 5.41) is 0. The summed E-state index contributed by atoms with van der Waals surface area (Å²) in [5.41, 5.74) is 5.87. The van der Waals surface area contributed by atoms with Crippen molar-refractivity contribution in [3.8, 4) is 0 Å². The van der Waals surface area contributed by atoms with Crippen LogP contribution in [-0.4, -0.2) is 29.9 Å². The third kappa shape index (κ3) is 3.19. The summed E-state index contributed by atoms with van der Waals surface area (Å²) in [7, 11) is 0. The summed E-state index contributed by atoms with van der Waals surface area (Å²) in [6.07, 6.45) is 12.7. The van der Waals surface area contributed by atoms with E-state index in [0.717, 1.165) is 25.3 Å². The lowest BCUT2D eigenvalue weighted by Crippen LogP contribution is -2.43. The standard InChI is InChI=1S/C17H30N2O/c18-11-14-7-4-8-16(14)17(20)19(15-9-10-15)12-13-5-2-1-3-6-13/h13-16H,1-12,18H2. The highest BCUT2D eigenvalue weighted by Gasteiger charge is 2.40. The predicted octanol–water partition coefficient (Wildman–Crippen LogP) is 2.93. The molecule has 3 aliphatic rings. The number of hydrogen-bond acceptors (Lipinski definition) is 2. The molecule has 0 bridgehead atoms. The van der Waals surface area contributed by atoms with Gasteiger partial charge in [-0.2, -0.15) is 0 Å². The monoisotopic (exact) mass is 278 g/mol. The lowest BCUT2D eigenvalue weighted by Gasteiger charge is -2.33. The van der Waals surface area contributed by atoms with Crippen molar-refractivity contribution in [2.24, 2.45) is 23.5 Å². The molecule has 3 heteroatoms. The number of nitrogens with two attached hydrogens (primary N) is 1. The summed E-state index contributed by atoms with van der Waals surface area (Å²) in [4.78, 5) is 15.2. The maximum absolute atomic E-state index is 12.9. The molecule has 3 aliphatic carbocycles. The number of carbonyl (C=O) groups excluding carboxylic acids is 1. The molecule has 0 aromatic rings. The normalized spacial score (nSPS) is 31.4. The van der Waals surface area contributed by atoms with E-state index in [9.17, 15) is 4.79 Å². The van der Waals surface area contributed by atoms with Crippen molar-refractivity contribution in [3.05, 3.63) is 0 Å². The Bertz CT molecular complexity index is 334. The highest BCUT2D eigenvalue weighted by Crippen LogP contribution is 2.37. The highest BCUT2D eigenvalue weighted by atomic mass is 16.2. The van der Waals surface area contributed by atoms with Crippen molar-refractivity contribution < 1.29 is 4.79 Å². The van der Waals surface area contributed by atoms with E-state index in [1.54, 1.807) is 0 Å². The molecule has 0 aromatic heterocycles. The number of nitrogens with zero attached hydrogens (tertiary/aromatic N) is 1. The van der Waals surface area contributed by atoms with Gasteiger partial charge in [0.25, 0.3) is 0 Å². The van der Waals surface area contributed by atoms with Gasteiger partial charge < -0.3 is 10.6 Å². The number of rotatable bonds is 5. The molecular formula is C17H30N2O. The second kappa shape index (κ2) is 6.46. The minimum Gasteiger partial charge on any atom is -0.339 e. The van der Waals surface area contributed by atoms with Crippen molar-refractivity contribution in [2.75, 3.05) is 13.1 Å². The van der Waals surface area contributed by atoms with Gasteiger partial charge >= 0.3 is 0 Å². The Morgan fingerprint density at radius 2 is 1.70 bits per heavy atom. The Morgan fingerprint density at radius 3 is 2.35 bits per heavy atom. The van der Waals surface area contributed by atoms with Crippen molar-refractivity contribution in [1.82, 2.24) is 4.90 Å². The first kappa shape index (κ1) is 14.4. The van der Waals surface area contributed by atoms with Gasteiger partial charge in [-0.15, -0.1) is 0 Å². The second-order valence-corrected chi connectivity index (χ2v) is 7.26. The van der Waals surface area contributed by atoms with Crippen molar-refractivity contribution in [3.63, 3.8) is 0 Å². The van der Waals surface area contributed by atoms with Gasteiger partial charge in [-0.05, 0) is 56.9 Å². The van der Waals surface area contributed by atoms with E-state index in [1.807, 2.05) is 0 Å². The predicted molar refractivity (Wildman–Crippen MR) is 81.2 cm³/mol. The van der Waals surface area contributed by atoms with Gasteiger partial charge in [0.2, 0.25) is 5.91 Å². The summed E-state index contributed by atoms with van der Waals surface area (Å²) in [6, 6.07) is 0.573. The zero-order valence-electron chi connectivity index (χ0n) is 12.7. The second-order valence-electron chi connectivity index (χ2n) is 7.26. The third-order valence-electron chi connectivity index (χ3n) is 5.73. The molecule has 20 heavy (non-hydrogen) atoms. The Hall–Kier alpha value is -0.570. The quantitative estimate of drug-likeness (QED) is 0.840. The number of carbonyl (C=O) groups is 1. The van der Waals surface area contributed by atoms with Crippen LogP contribution in [0.3, 0.4) is 0 Å². The first-order valence-electron chi connectivity index (χ1n) is 8.80. The summed E-state index contributed by atoms with van der Waals surface area (Å²) in [5.74, 6) is 1.91. The van der Waals surface area contributed by atoms with Crippen LogP contribution in [0.2, 0.25) is 0 Å². The topological polar surface area (TPSA) is 46.3 Å². The molecule has 0 radical (unpaired) electrons. The number of hydrogen-bond donors (Lipinski definition) is 1. The Morgan fingerprint density at radius 1 is 0.950 bits per heavy atom. The summed E-state index contributed by atoms with van der Waals surface area (Å²) in [6.45, 7) is 1.73. The van der Waals surface area contributed by atoms with Crippen LogP contribution in [0, 0.1) is 17.8 Å². The molecule has 3 saturated carbocycles. The van der Waals surface area contributed by atoms with Crippen molar-refractivity contribution in [1.29, 1.82) is 0 Å². The first-order chi connectivity index (χ1) is 9.79. The van der Waals surface area contributed by atoms with Gasteiger partial charge in [0.05, 0.1) is 0 Å². The molecular weight excluding hydrogens is 248 g/mol. The lowest BCUT2D eigenvalue weighted by atomic mass is 9.88. The maximum Gasteiger partial charge on any atom is 0.226 e. The molecule has 3 nitrogen and oxygen atoms in total. The molecule has 2 unspecified atom stereocenters. The molecule has 114 valence electrons. The van der Waals surface area contributed by atoms with Gasteiger partial charge in [0.15, 0.2) is 0 Å². The third-order valence-corrected chi connectivity index (χ3v) is 5.73. The van der Waals surface area contributed by atoms with Crippen molar-refractivity contribution >= 4 is 5.91 Å². The molecule has 0 saturated heterocycles. The molecule has 0 heterocycles. The molecule has 3 rings (SSSR count). The number of amides is 1. The van der Waals surface area contributed by atoms with Crippen LogP contribution >= 0.6 is 0 Å². The fourth-order valence-corrected chi connectivity index (χ4v) is 4.31. The minimum absolute atomic E-state index is 0.240. The van der Waals surface area contributed by atoms with E-state index in [1.165, 1.54) is 51.4 Å². The average molecular weight is 278 g/mol. The van der Waals surface area contributed by atoms with Crippen LogP contribution in [0.1, 0.15) is 64.2 Å². The smallest absolute Gasteiger partial charge is 0.226 e. The SMILES string of the molecule is NCC1CCCC1C(=O)N(CC1CCCCC1)C1CC1. The lowest BCUT2D eigenvalue weighted by molar-refractivity contribution is -0.138. The van der Waals surface area contributed by atoms with Crippen LogP contribution in [0.25, 0.3) is 0 Å². The molecule has 2 N–H and O–H groups in total. The molecule has 3 fully saturated rings. The van der Waals surface area contributed by atoms with Gasteiger partial charge in [0.1, 0.15) is 0 Å². The van der Waals surface area contributed by atoms with Crippen LogP contribution in [0.4, 0.5) is 0 Å². The fraction of sp³-hybridized carbons (Fsp3) is 0.941. The van der Waals surface area contributed by atoms with Crippen LogP contribution in [0.5, 0.6) is 0 Å². The van der Waals surface area contributed by atoms with E-state index in [0.29, 0.717) is 24.4 Å². The maximum atomic E-state index is 12.9. The largest absolute Gasteiger partial charge is 0.339 e. The van der Waals surface area contributed by atoms with E-state index >= 15 is 0 Å². The zero-order valence-corrected chi connectivity index (χ0v) is 12.7. The van der Waals surface area contributed by atoms with E-state index in [4.69, 9.17) is 5.73 Å². The molecule has 0 aromatic carbocycles. The first-order valence-corrected chi connectivity index (χ1v) is 8.80. The van der Waals surface area contributed by atoms with Crippen molar-refractivity contribution in [2.45, 2.75) is 70.3 Å².